The fourth-order valence-corrected chi connectivity index (χ4v) is 3.06. The fourth-order valence-electron chi connectivity index (χ4n) is 2.17. The van der Waals surface area contributed by atoms with Gasteiger partial charge < -0.3 is 10.1 Å². The predicted octanol–water partition coefficient (Wildman–Crippen LogP) is 0.937. The SMILES string of the molecule is O=C(/C=c1/[nH]c(=O)/c(=C/c2ccc(O)c([N+](=O)[O-])c2)s1)c1ccncc1. The fraction of sp³-hybridized carbons (Fsp3) is 0. The van der Waals surface area contributed by atoms with E-state index in [0.717, 1.165) is 11.3 Å². The maximum Gasteiger partial charge on any atom is 0.311 e. The minimum atomic E-state index is -0.710. The minimum absolute atomic E-state index is 0.277. The van der Waals surface area contributed by atoms with Gasteiger partial charge in [0, 0.05) is 30.1 Å². The average Bonchev–Trinajstić information content (AvgIpc) is 2.96. The molecule has 0 aliphatic carbocycles. The van der Waals surface area contributed by atoms with E-state index in [0.29, 0.717) is 15.8 Å². The van der Waals surface area contributed by atoms with E-state index < -0.39 is 21.9 Å². The molecule has 0 aliphatic rings. The number of phenolic OH excluding ortho intramolecular Hbond substituents is 1. The molecule has 0 radical (unpaired) electrons. The Morgan fingerprint density at radius 1 is 1.27 bits per heavy atom. The van der Waals surface area contributed by atoms with Crippen molar-refractivity contribution in [1.82, 2.24) is 9.97 Å². The first-order valence-electron chi connectivity index (χ1n) is 7.28. The van der Waals surface area contributed by atoms with Crippen molar-refractivity contribution in [2.75, 3.05) is 0 Å². The molecule has 2 heterocycles. The largest absolute Gasteiger partial charge is 0.502 e. The Hall–Kier alpha value is -3.59. The summed E-state index contributed by atoms with van der Waals surface area (Å²) < 4.78 is 0.634. The van der Waals surface area contributed by atoms with Gasteiger partial charge in [-0.25, -0.2) is 0 Å². The van der Waals surface area contributed by atoms with E-state index in [4.69, 9.17) is 0 Å². The number of aromatic amines is 1. The van der Waals surface area contributed by atoms with E-state index in [-0.39, 0.29) is 10.3 Å². The number of pyridine rings is 1. The Morgan fingerprint density at radius 3 is 2.69 bits per heavy atom. The van der Waals surface area contributed by atoms with Crippen molar-refractivity contribution in [3.05, 3.63) is 83.5 Å². The molecule has 0 amide bonds. The first kappa shape index (κ1) is 17.2. The number of nitro benzene ring substituents is 1. The number of Topliss-reactive ketones (excluding diaryl/α,β-unsaturated/α-hetero) is 1. The lowest BCUT2D eigenvalue weighted by atomic mass is 10.2. The van der Waals surface area contributed by atoms with E-state index in [9.17, 15) is 24.8 Å². The first-order chi connectivity index (χ1) is 12.4. The molecule has 0 saturated heterocycles. The van der Waals surface area contributed by atoms with Crippen molar-refractivity contribution in [3.63, 3.8) is 0 Å². The van der Waals surface area contributed by atoms with Crippen molar-refractivity contribution in [2.24, 2.45) is 0 Å². The van der Waals surface area contributed by atoms with E-state index in [1.165, 1.54) is 42.7 Å². The normalized spacial score (nSPS) is 12.3. The molecule has 9 heteroatoms. The van der Waals surface area contributed by atoms with Crippen LogP contribution >= 0.6 is 11.3 Å². The number of carbonyl (C=O) groups is 1. The molecule has 26 heavy (non-hydrogen) atoms. The van der Waals surface area contributed by atoms with Crippen LogP contribution in [0.5, 0.6) is 5.75 Å². The minimum Gasteiger partial charge on any atom is -0.502 e. The van der Waals surface area contributed by atoms with Gasteiger partial charge in [0.25, 0.3) is 5.56 Å². The third kappa shape index (κ3) is 3.73. The smallest absolute Gasteiger partial charge is 0.311 e. The van der Waals surface area contributed by atoms with Gasteiger partial charge >= 0.3 is 5.69 Å². The van der Waals surface area contributed by atoms with Gasteiger partial charge in [0.05, 0.1) is 14.1 Å². The molecule has 0 atom stereocenters. The van der Waals surface area contributed by atoms with Gasteiger partial charge in [-0.05, 0) is 29.8 Å². The van der Waals surface area contributed by atoms with E-state index in [1.807, 2.05) is 0 Å². The highest BCUT2D eigenvalue weighted by atomic mass is 32.1. The molecular weight excluding hydrogens is 358 g/mol. The lowest BCUT2D eigenvalue weighted by Gasteiger charge is -1.96. The van der Waals surface area contributed by atoms with Crippen molar-refractivity contribution in [1.29, 1.82) is 0 Å². The number of hydrogen-bond acceptors (Lipinski definition) is 7. The quantitative estimate of drug-likeness (QED) is 0.400. The van der Waals surface area contributed by atoms with Crippen LogP contribution in [0.4, 0.5) is 5.69 Å². The number of aromatic nitrogens is 2. The Kier molecular flexibility index (Phi) is 4.72. The summed E-state index contributed by atoms with van der Waals surface area (Å²) in [7, 11) is 0. The summed E-state index contributed by atoms with van der Waals surface area (Å²) >= 11 is 1.05. The van der Waals surface area contributed by atoms with Gasteiger partial charge in [-0.1, -0.05) is 6.07 Å². The average molecular weight is 369 g/mol. The number of phenols is 1. The Labute approximate surface area is 149 Å². The van der Waals surface area contributed by atoms with Crippen LogP contribution in [0.2, 0.25) is 0 Å². The molecule has 2 N–H and O–H groups in total. The van der Waals surface area contributed by atoms with Gasteiger partial charge in [-0.15, -0.1) is 11.3 Å². The number of nitrogens with zero attached hydrogens (tertiary/aromatic N) is 2. The van der Waals surface area contributed by atoms with Gasteiger partial charge in [-0.3, -0.25) is 24.7 Å². The summed E-state index contributed by atoms with van der Waals surface area (Å²) in [4.78, 5) is 40.8. The standard InChI is InChI=1S/C17H11N3O5S/c21-13-2-1-10(7-12(13)20(24)25)8-15-17(23)19-16(26-15)9-14(22)11-3-5-18-6-4-11/h1-9,21H,(H,19,23)/b15-8-,16-9-. The van der Waals surface area contributed by atoms with Crippen molar-refractivity contribution in [2.45, 2.75) is 0 Å². The van der Waals surface area contributed by atoms with Gasteiger partial charge in [-0.2, -0.15) is 0 Å². The first-order valence-corrected chi connectivity index (χ1v) is 8.10. The molecule has 130 valence electrons. The van der Waals surface area contributed by atoms with Crippen LogP contribution in [-0.2, 0) is 0 Å². The zero-order chi connectivity index (χ0) is 18.7. The second-order valence-corrected chi connectivity index (χ2v) is 6.26. The number of benzene rings is 1. The Morgan fingerprint density at radius 2 is 2.00 bits per heavy atom. The Balaban J connectivity index is 2.01. The number of nitrogens with one attached hydrogen (secondary N) is 1. The van der Waals surface area contributed by atoms with Crippen LogP contribution in [0.15, 0.2) is 47.5 Å². The monoisotopic (exact) mass is 369 g/mol. The van der Waals surface area contributed by atoms with Crippen LogP contribution in [-0.4, -0.2) is 25.8 Å². The van der Waals surface area contributed by atoms with Crippen LogP contribution in [0.1, 0.15) is 15.9 Å². The number of hydrogen-bond donors (Lipinski definition) is 2. The second-order valence-electron chi connectivity index (χ2n) is 5.18. The lowest BCUT2D eigenvalue weighted by Crippen LogP contribution is -2.20. The number of H-pyrrole nitrogens is 1. The Bertz CT molecular complexity index is 1170. The van der Waals surface area contributed by atoms with Crippen LogP contribution in [0.25, 0.3) is 12.2 Å². The van der Waals surface area contributed by atoms with E-state index >= 15 is 0 Å². The molecule has 0 fully saturated rings. The summed E-state index contributed by atoms with van der Waals surface area (Å²) in [6, 6.07) is 6.93. The summed E-state index contributed by atoms with van der Waals surface area (Å²) in [6.07, 6.45) is 5.74. The number of carbonyl (C=O) groups excluding carboxylic acids is 1. The van der Waals surface area contributed by atoms with Crippen LogP contribution in [0, 0.1) is 10.1 Å². The maximum atomic E-state index is 12.1. The summed E-state index contributed by atoms with van der Waals surface area (Å²) in [5.74, 6) is -0.735. The van der Waals surface area contributed by atoms with E-state index in [2.05, 4.69) is 9.97 Å². The molecule has 0 saturated carbocycles. The van der Waals surface area contributed by atoms with Gasteiger partial charge in [0.2, 0.25) is 0 Å². The van der Waals surface area contributed by atoms with E-state index in [1.54, 1.807) is 12.1 Å². The molecule has 3 rings (SSSR count). The van der Waals surface area contributed by atoms with Gasteiger partial charge in [0.15, 0.2) is 11.5 Å². The number of rotatable bonds is 4. The molecule has 3 aromatic rings. The van der Waals surface area contributed by atoms with Crippen molar-refractivity contribution in [3.8, 4) is 5.75 Å². The molecular formula is C17H11N3O5S. The molecule has 1 aromatic carbocycles. The molecule has 0 unspecified atom stereocenters. The highest BCUT2D eigenvalue weighted by Crippen LogP contribution is 2.26. The molecule has 0 aliphatic heterocycles. The third-order valence-corrected chi connectivity index (χ3v) is 4.36. The topological polar surface area (TPSA) is 126 Å². The molecule has 8 nitrogen and oxygen atoms in total. The summed E-state index contributed by atoms with van der Waals surface area (Å²) in [5.41, 5.74) is -0.0475. The zero-order valence-corrected chi connectivity index (χ0v) is 13.9. The lowest BCUT2D eigenvalue weighted by molar-refractivity contribution is -0.385. The highest BCUT2D eigenvalue weighted by molar-refractivity contribution is 7.07. The van der Waals surface area contributed by atoms with Crippen LogP contribution < -0.4 is 14.8 Å². The second kappa shape index (κ2) is 7.11. The number of thiazole rings is 1. The van der Waals surface area contributed by atoms with Crippen LogP contribution in [0.3, 0.4) is 0 Å². The number of ketones is 1. The van der Waals surface area contributed by atoms with Crippen molar-refractivity contribution >= 4 is 35.0 Å². The molecule has 0 bridgehead atoms. The predicted molar refractivity (Wildman–Crippen MR) is 95.6 cm³/mol. The van der Waals surface area contributed by atoms with Crippen molar-refractivity contribution < 1.29 is 14.8 Å². The number of aromatic hydroxyl groups is 1. The third-order valence-electron chi connectivity index (χ3n) is 3.40. The molecule has 2 aromatic heterocycles. The maximum absolute atomic E-state index is 12.1. The molecule has 0 spiro atoms. The highest BCUT2D eigenvalue weighted by Gasteiger charge is 2.12. The van der Waals surface area contributed by atoms with Gasteiger partial charge in [0.1, 0.15) is 0 Å². The zero-order valence-electron chi connectivity index (χ0n) is 13.1. The summed E-state index contributed by atoms with van der Waals surface area (Å²) in [5, 5.41) is 20.3. The summed E-state index contributed by atoms with van der Waals surface area (Å²) in [6.45, 7) is 0. The number of nitro groups is 1.